The summed E-state index contributed by atoms with van der Waals surface area (Å²) in [6.07, 6.45) is 2.98. The third-order valence-electron chi connectivity index (χ3n) is 7.21. The van der Waals surface area contributed by atoms with Gasteiger partial charge in [-0.2, -0.15) is 18.3 Å². The van der Waals surface area contributed by atoms with Crippen molar-refractivity contribution in [1.82, 2.24) is 25.1 Å². The third kappa shape index (κ3) is 6.61. The lowest BCUT2D eigenvalue weighted by molar-refractivity contribution is -0.139. The highest BCUT2D eigenvalue weighted by Crippen LogP contribution is 2.29. The topological polar surface area (TPSA) is 116 Å². The minimum atomic E-state index is -4.47. The second-order valence-electron chi connectivity index (χ2n) is 9.85. The normalized spacial score (nSPS) is 19.7. The number of H-pyrrole nitrogens is 1. The third-order valence-corrected chi connectivity index (χ3v) is 7.21. The van der Waals surface area contributed by atoms with Crippen molar-refractivity contribution in [3.05, 3.63) is 40.1 Å². The first-order valence-corrected chi connectivity index (χ1v) is 13.0. The van der Waals surface area contributed by atoms with Crippen molar-refractivity contribution in [2.24, 2.45) is 0 Å². The van der Waals surface area contributed by atoms with Crippen LogP contribution in [0.25, 0.3) is 0 Å². The van der Waals surface area contributed by atoms with E-state index in [9.17, 15) is 22.8 Å². The number of amides is 1. The van der Waals surface area contributed by atoms with E-state index in [-0.39, 0.29) is 29.5 Å². The van der Waals surface area contributed by atoms with E-state index in [4.69, 9.17) is 4.74 Å². The number of nitrogens with zero attached hydrogens (tertiary/aromatic N) is 5. The van der Waals surface area contributed by atoms with E-state index < -0.39 is 17.8 Å². The number of hydrogen-bond donors (Lipinski definition) is 2. The zero-order chi connectivity index (χ0) is 27.3. The summed E-state index contributed by atoms with van der Waals surface area (Å²) in [7, 11) is 0. The Balaban J connectivity index is 1.28. The molecule has 38 heavy (non-hydrogen) atoms. The second-order valence-corrected chi connectivity index (χ2v) is 9.85. The second kappa shape index (κ2) is 12.1. The summed E-state index contributed by atoms with van der Waals surface area (Å²) in [5.74, 6) is 0.236. The number of halogens is 3. The van der Waals surface area contributed by atoms with Gasteiger partial charge in [-0.1, -0.05) is 19.8 Å². The number of alkyl halides is 3. The molecule has 2 atom stereocenters. The predicted molar refractivity (Wildman–Crippen MR) is 135 cm³/mol. The molecule has 4 rings (SSSR count). The molecular formula is C25H34F3N7O3. The lowest BCUT2D eigenvalue weighted by Gasteiger charge is -2.36. The number of unbranched alkanes of at least 4 members (excludes halogenated alkanes) is 1. The average molecular weight is 538 g/mol. The molecule has 4 heterocycles. The Bertz CT molecular complexity index is 1130. The highest BCUT2D eigenvalue weighted by Gasteiger charge is 2.38. The number of aromatic nitrogens is 4. The van der Waals surface area contributed by atoms with Gasteiger partial charge in [0.25, 0.3) is 11.5 Å². The maximum Gasteiger partial charge on any atom is 0.419 e. The van der Waals surface area contributed by atoms with E-state index in [0.717, 1.165) is 31.7 Å². The summed E-state index contributed by atoms with van der Waals surface area (Å²) in [6, 6.07) is -0.0216. The number of carbonyl (C=O) groups excluding carboxylic acids is 1. The van der Waals surface area contributed by atoms with E-state index in [1.807, 2.05) is 9.80 Å². The molecule has 2 N–H and O–H groups in total. The number of hydrogen-bond acceptors (Lipinski definition) is 8. The fraction of sp³-hybridized carbons (Fsp3) is 0.640. The molecule has 208 valence electrons. The standard InChI is InChI=1S/C25H34F3N7O3/c1-3-4-5-18(32-20-14-31-33-22(36)16(20)2)15-38-21-8-11-35(23(21)37)19-6-9-34(10-7-19)24-29-12-17(13-30-24)25(26,27)28/h12-14,18-19,21H,3-11,15H2,1-2H3,(H2,32,33,36)/t18-,21+/m0/s1. The number of likely N-dealkylation sites (tertiary alicyclic amines) is 1. The van der Waals surface area contributed by atoms with Crippen molar-refractivity contribution in [2.75, 3.05) is 36.5 Å². The van der Waals surface area contributed by atoms with Gasteiger partial charge in [-0.15, -0.1) is 0 Å². The molecule has 0 aromatic carbocycles. The van der Waals surface area contributed by atoms with Crippen LogP contribution in [0.3, 0.4) is 0 Å². The molecule has 2 aromatic heterocycles. The van der Waals surface area contributed by atoms with E-state index in [1.54, 1.807) is 13.1 Å². The summed E-state index contributed by atoms with van der Waals surface area (Å²) in [4.78, 5) is 36.5. The van der Waals surface area contributed by atoms with Gasteiger partial charge in [0.2, 0.25) is 5.95 Å². The van der Waals surface area contributed by atoms with Crippen LogP contribution in [-0.4, -0.2) is 75.4 Å². The number of nitrogens with one attached hydrogen (secondary N) is 2. The van der Waals surface area contributed by atoms with Gasteiger partial charge in [0.15, 0.2) is 0 Å². The number of aromatic amines is 1. The minimum absolute atomic E-state index is 0.0301. The molecule has 0 bridgehead atoms. The Morgan fingerprint density at radius 1 is 1.13 bits per heavy atom. The van der Waals surface area contributed by atoms with Crippen molar-refractivity contribution < 1.29 is 22.7 Å². The van der Waals surface area contributed by atoms with Crippen LogP contribution >= 0.6 is 0 Å². The molecule has 0 radical (unpaired) electrons. The SMILES string of the molecule is CCCC[C@@H](CO[C@@H]1CCN(C2CCN(c3ncc(C(F)(F)F)cn3)CC2)C1=O)Nc1cn[nH]c(=O)c1C. The first-order chi connectivity index (χ1) is 18.2. The van der Waals surface area contributed by atoms with E-state index >= 15 is 0 Å². The van der Waals surface area contributed by atoms with Gasteiger partial charge in [0.1, 0.15) is 6.10 Å². The Morgan fingerprint density at radius 2 is 1.84 bits per heavy atom. The van der Waals surface area contributed by atoms with Crippen LogP contribution in [0.2, 0.25) is 0 Å². The van der Waals surface area contributed by atoms with Gasteiger partial charge >= 0.3 is 6.18 Å². The molecule has 13 heteroatoms. The zero-order valence-electron chi connectivity index (χ0n) is 21.6. The van der Waals surface area contributed by atoms with Crippen LogP contribution in [0, 0.1) is 6.92 Å². The molecule has 0 spiro atoms. The van der Waals surface area contributed by atoms with Gasteiger partial charge in [0, 0.05) is 56.1 Å². The van der Waals surface area contributed by atoms with Crippen molar-refractivity contribution >= 4 is 17.5 Å². The van der Waals surface area contributed by atoms with Crippen molar-refractivity contribution in [3.63, 3.8) is 0 Å². The smallest absolute Gasteiger partial charge is 0.378 e. The summed E-state index contributed by atoms with van der Waals surface area (Å²) < 4.78 is 44.4. The summed E-state index contributed by atoms with van der Waals surface area (Å²) in [5.41, 5.74) is 0.0863. The van der Waals surface area contributed by atoms with Crippen LogP contribution in [0.15, 0.2) is 23.4 Å². The largest absolute Gasteiger partial charge is 0.419 e. The van der Waals surface area contributed by atoms with Crippen molar-refractivity contribution in [3.8, 4) is 0 Å². The molecule has 10 nitrogen and oxygen atoms in total. The lowest BCUT2D eigenvalue weighted by Crippen LogP contribution is -2.47. The monoisotopic (exact) mass is 537 g/mol. The molecule has 0 aliphatic carbocycles. The summed E-state index contributed by atoms with van der Waals surface area (Å²) in [6.45, 7) is 5.88. The number of piperidine rings is 1. The Morgan fingerprint density at radius 3 is 2.50 bits per heavy atom. The molecule has 0 unspecified atom stereocenters. The van der Waals surface area contributed by atoms with Gasteiger partial charge < -0.3 is 19.9 Å². The van der Waals surface area contributed by atoms with Crippen LogP contribution in [0.5, 0.6) is 0 Å². The van der Waals surface area contributed by atoms with Gasteiger partial charge in [-0.05, 0) is 26.2 Å². The van der Waals surface area contributed by atoms with E-state index in [0.29, 0.717) is 56.8 Å². The van der Waals surface area contributed by atoms with Gasteiger partial charge in [-0.3, -0.25) is 9.59 Å². The van der Waals surface area contributed by atoms with Crippen LogP contribution in [-0.2, 0) is 15.7 Å². The lowest BCUT2D eigenvalue weighted by atomic mass is 10.0. The number of anilines is 2. The highest BCUT2D eigenvalue weighted by atomic mass is 19.4. The first-order valence-electron chi connectivity index (χ1n) is 13.0. The van der Waals surface area contributed by atoms with Crippen LogP contribution in [0.4, 0.5) is 24.8 Å². The Kier molecular flexibility index (Phi) is 8.85. The minimum Gasteiger partial charge on any atom is -0.378 e. The van der Waals surface area contributed by atoms with Crippen LogP contribution < -0.4 is 15.8 Å². The maximum atomic E-state index is 13.2. The summed E-state index contributed by atoms with van der Waals surface area (Å²) in [5, 5.41) is 9.64. The molecule has 2 aliphatic heterocycles. The molecule has 0 saturated carbocycles. The zero-order valence-corrected chi connectivity index (χ0v) is 21.6. The molecule has 2 saturated heterocycles. The molecule has 2 aliphatic rings. The predicted octanol–water partition coefficient (Wildman–Crippen LogP) is 3.14. The molecule has 2 fully saturated rings. The molecule has 2 aromatic rings. The first kappa shape index (κ1) is 27.8. The highest BCUT2D eigenvalue weighted by molar-refractivity contribution is 5.83. The number of ether oxygens (including phenoxy) is 1. The van der Waals surface area contributed by atoms with Gasteiger partial charge in [-0.25, -0.2) is 15.1 Å². The Hall–Kier alpha value is -3.22. The number of rotatable bonds is 10. The average Bonchev–Trinajstić information content (AvgIpc) is 3.27. The van der Waals surface area contributed by atoms with Crippen molar-refractivity contribution in [2.45, 2.75) is 76.7 Å². The van der Waals surface area contributed by atoms with E-state index in [2.05, 4.69) is 32.4 Å². The number of carbonyl (C=O) groups is 1. The van der Waals surface area contributed by atoms with Gasteiger partial charge in [0.05, 0.1) is 24.1 Å². The molecular weight excluding hydrogens is 503 g/mol. The summed E-state index contributed by atoms with van der Waals surface area (Å²) >= 11 is 0. The van der Waals surface area contributed by atoms with E-state index in [1.165, 1.54) is 0 Å². The fourth-order valence-electron chi connectivity index (χ4n) is 4.90. The van der Waals surface area contributed by atoms with Crippen molar-refractivity contribution in [1.29, 1.82) is 0 Å². The fourth-order valence-corrected chi connectivity index (χ4v) is 4.90. The van der Waals surface area contributed by atoms with Crippen LogP contribution in [0.1, 0.15) is 56.6 Å². The maximum absolute atomic E-state index is 13.2. The quantitative estimate of drug-likeness (QED) is 0.475. The Labute approximate surface area is 219 Å². The molecule has 1 amide bonds.